The van der Waals surface area contributed by atoms with Gasteiger partial charge in [-0.3, -0.25) is 0 Å². The van der Waals surface area contributed by atoms with E-state index in [0.29, 0.717) is 5.56 Å². The molecule has 3 heteroatoms. The van der Waals surface area contributed by atoms with Gasteiger partial charge in [0, 0.05) is 13.1 Å². The largest absolute Gasteiger partial charge is 0.478 e. The Labute approximate surface area is 82.1 Å². The van der Waals surface area contributed by atoms with Gasteiger partial charge in [-0.25, -0.2) is 4.79 Å². The SMILES string of the molecule is O=C(O)c1ccc(C=C2CNC2)cc1. The number of hydrogen-bond donors (Lipinski definition) is 2. The fourth-order valence-corrected chi connectivity index (χ4v) is 1.33. The number of rotatable bonds is 2. The van der Waals surface area contributed by atoms with E-state index in [4.69, 9.17) is 5.11 Å². The minimum absolute atomic E-state index is 0.332. The average Bonchev–Trinajstić information content (AvgIpc) is 2.12. The van der Waals surface area contributed by atoms with Crippen molar-refractivity contribution in [2.24, 2.45) is 0 Å². The Balaban J connectivity index is 2.17. The summed E-state index contributed by atoms with van der Waals surface area (Å²) in [6, 6.07) is 6.91. The van der Waals surface area contributed by atoms with Crippen LogP contribution in [0, 0.1) is 0 Å². The van der Waals surface area contributed by atoms with E-state index in [-0.39, 0.29) is 0 Å². The normalized spacial score (nSPS) is 14.7. The lowest BCUT2D eigenvalue weighted by atomic mass is 10.1. The molecule has 0 radical (unpaired) electrons. The number of carbonyl (C=O) groups is 1. The van der Waals surface area contributed by atoms with Crippen molar-refractivity contribution in [1.29, 1.82) is 0 Å². The number of benzene rings is 1. The Morgan fingerprint density at radius 1 is 1.29 bits per heavy atom. The van der Waals surface area contributed by atoms with Gasteiger partial charge in [0.1, 0.15) is 0 Å². The zero-order valence-corrected chi connectivity index (χ0v) is 7.66. The zero-order valence-electron chi connectivity index (χ0n) is 7.66. The van der Waals surface area contributed by atoms with Crippen LogP contribution in [0.2, 0.25) is 0 Å². The molecule has 3 nitrogen and oxygen atoms in total. The Bertz CT molecular complexity index is 373. The monoisotopic (exact) mass is 189 g/mol. The van der Waals surface area contributed by atoms with Gasteiger partial charge in [0.15, 0.2) is 0 Å². The summed E-state index contributed by atoms with van der Waals surface area (Å²) in [6.07, 6.45) is 2.09. The molecule has 1 aromatic rings. The molecule has 0 saturated carbocycles. The smallest absolute Gasteiger partial charge is 0.335 e. The summed E-state index contributed by atoms with van der Waals surface area (Å²) >= 11 is 0. The Kier molecular flexibility index (Phi) is 2.33. The summed E-state index contributed by atoms with van der Waals surface area (Å²) in [4.78, 5) is 10.6. The van der Waals surface area contributed by atoms with Crippen molar-refractivity contribution in [3.05, 3.63) is 41.0 Å². The molecule has 1 aliphatic rings. The zero-order chi connectivity index (χ0) is 9.97. The van der Waals surface area contributed by atoms with Crippen molar-refractivity contribution in [1.82, 2.24) is 5.32 Å². The highest BCUT2D eigenvalue weighted by molar-refractivity contribution is 5.87. The van der Waals surface area contributed by atoms with Gasteiger partial charge < -0.3 is 10.4 Å². The van der Waals surface area contributed by atoms with E-state index in [1.54, 1.807) is 12.1 Å². The molecule has 0 spiro atoms. The molecule has 1 aliphatic heterocycles. The molecular formula is C11H11NO2. The first kappa shape index (κ1) is 8.97. The number of aromatic carboxylic acids is 1. The second-order valence-electron chi connectivity index (χ2n) is 3.33. The van der Waals surface area contributed by atoms with Crippen LogP contribution in [-0.4, -0.2) is 24.2 Å². The van der Waals surface area contributed by atoms with E-state index in [9.17, 15) is 4.79 Å². The van der Waals surface area contributed by atoms with Gasteiger partial charge in [0.05, 0.1) is 5.56 Å². The summed E-state index contributed by atoms with van der Waals surface area (Å²) in [6.45, 7) is 1.89. The summed E-state index contributed by atoms with van der Waals surface area (Å²) in [5.41, 5.74) is 2.75. The highest BCUT2D eigenvalue weighted by atomic mass is 16.4. The third-order valence-corrected chi connectivity index (χ3v) is 2.23. The molecule has 0 amide bonds. The standard InChI is InChI=1S/C11H11NO2/c13-11(14)10-3-1-8(2-4-10)5-9-6-12-7-9/h1-5,12H,6-7H2,(H,13,14). The summed E-state index contributed by atoms with van der Waals surface area (Å²) in [5, 5.41) is 11.8. The van der Waals surface area contributed by atoms with E-state index in [1.165, 1.54) is 5.57 Å². The quantitative estimate of drug-likeness (QED) is 0.738. The van der Waals surface area contributed by atoms with Crippen molar-refractivity contribution in [2.75, 3.05) is 13.1 Å². The van der Waals surface area contributed by atoms with Crippen LogP contribution >= 0.6 is 0 Å². The predicted molar refractivity (Wildman–Crippen MR) is 54.2 cm³/mol. The Morgan fingerprint density at radius 2 is 1.93 bits per heavy atom. The first-order valence-corrected chi connectivity index (χ1v) is 4.49. The van der Waals surface area contributed by atoms with E-state index in [0.717, 1.165) is 18.7 Å². The van der Waals surface area contributed by atoms with E-state index < -0.39 is 5.97 Å². The highest BCUT2D eigenvalue weighted by Gasteiger charge is 2.06. The average molecular weight is 189 g/mol. The first-order valence-electron chi connectivity index (χ1n) is 4.49. The first-order chi connectivity index (χ1) is 6.75. The molecule has 0 unspecified atom stereocenters. The van der Waals surface area contributed by atoms with Crippen LogP contribution in [0.4, 0.5) is 0 Å². The molecule has 1 fully saturated rings. The van der Waals surface area contributed by atoms with E-state index in [1.807, 2.05) is 12.1 Å². The number of carboxylic acid groups (broad SMARTS) is 1. The third-order valence-electron chi connectivity index (χ3n) is 2.23. The molecule has 14 heavy (non-hydrogen) atoms. The molecule has 0 bridgehead atoms. The van der Waals surface area contributed by atoms with Gasteiger partial charge in [-0.15, -0.1) is 0 Å². The lowest BCUT2D eigenvalue weighted by molar-refractivity contribution is 0.0697. The molecule has 0 aromatic heterocycles. The Morgan fingerprint density at radius 3 is 2.36 bits per heavy atom. The van der Waals surface area contributed by atoms with Crippen molar-refractivity contribution in [2.45, 2.75) is 0 Å². The predicted octanol–water partition coefficient (Wildman–Crippen LogP) is 1.37. The van der Waals surface area contributed by atoms with Gasteiger partial charge in [0.2, 0.25) is 0 Å². The fraction of sp³-hybridized carbons (Fsp3) is 0.182. The number of hydrogen-bond acceptors (Lipinski definition) is 2. The maximum atomic E-state index is 10.6. The molecule has 1 heterocycles. The minimum atomic E-state index is -0.880. The molecule has 2 rings (SSSR count). The van der Waals surface area contributed by atoms with Gasteiger partial charge in [-0.05, 0) is 23.3 Å². The molecular weight excluding hydrogens is 178 g/mol. The molecule has 0 atom stereocenters. The lowest BCUT2D eigenvalue weighted by Crippen LogP contribution is -2.33. The Hall–Kier alpha value is -1.61. The van der Waals surface area contributed by atoms with E-state index in [2.05, 4.69) is 11.4 Å². The maximum absolute atomic E-state index is 10.6. The van der Waals surface area contributed by atoms with Crippen LogP contribution in [0.15, 0.2) is 29.8 Å². The van der Waals surface area contributed by atoms with Crippen molar-refractivity contribution >= 4 is 12.0 Å². The molecule has 1 aromatic carbocycles. The lowest BCUT2D eigenvalue weighted by Gasteiger charge is -2.18. The van der Waals surface area contributed by atoms with Crippen LogP contribution in [-0.2, 0) is 0 Å². The minimum Gasteiger partial charge on any atom is -0.478 e. The second-order valence-corrected chi connectivity index (χ2v) is 3.33. The van der Waals surface area contributed by atoms with Crippen LogP contribution in [0.3, 0.4) is 0 Å². The van der Waals surface area contributed by atoms with Gasteiger partial charge in [0.25, 0.3) is 0 Å². The van der Waals surface area contributed by atoms with Crippen LogP contribution in [0.25, 0.3) is 6.08 Å². The van der Waals surface area contributed by atoms with Crippen molar-refractivity contribution in [3.8, 4) is 0 Å². The van der Waals surface area contributed by atoms with Gasteiger partial charge in [-0.1, -0.05) is 18.2 Å². The summed E-state index contributed by atoms with van der Waals surface area (Å²) < 4.78 is 0. The molecule has 0 aliphatic carbocycles. The number of nitrogens with one attached hydrogen (secondary N) is 1. The summed E-state index contributed by atoms with van der Waals surface area (Å²) in [5.74, 6) is -0.880. The van der Waals surface area contributed by atoms with Crippen LogP contribution in [0.5, 0.6) is 0 Å². The van der Waals surface area contributed by atoms with E-state index >= 15 is 0 Å². The molecule has 72 valence electrons. The summed E-state index contributed by atoms with van der Waals surface area (Å²) in [7, 11) is 0. The molecule has 1 saturated heterocycles. The van der Waals surface area contributed by atoms with Gasteiger partial charge in [-0.2, -0.15) is 0 Å². The number of carboxylic acids is 1. The van der Waals surface area contributed by atoms with Crippen molar-refractivity contribution < 1.29 is 9.90 Å². The van der Waals surface area contributed by atoms with Crippen molar-refractivity contribution in [3.63, 3.8) is 0 Å². The van der Waals surface area contributed by atoms with Crippen LogP contribution in [0.1, 0.15) is 15.9 Å². The fourth-order valence-electron chi connectivity index (χ4n) is 1.33. The second kappa shape index (κ2) is 3.64. The highest BCUT2D eigenvalue weighted by Crippen LogP contribution is 2.11. The maximum Gasteiger partial charge on any atom is 0.335 e. The van der Waals surface area contributed by atoms with Crippen LogP contribution < -0.4 is 5.32 Å². The van der Waals surface area contributed by atoms with Gasteiger partial charge >= 0.3 is 5.97 Å². The topological polar surface area (TPSA) is 49.3 Å². The third kappa shape index (κ3) is 1.83. The molecule has 2 N–H and O–H groups in total.